The van der Waals surface area contributed by atoms with Crippen molar-refractivity contribution in [2.45, 2.75) is 12.6 Å². The first-order valence-corrected chi connectivity index (χ1v) is 7.83. The van der Waals surface area contributed by atoms with Gasteiger partial charge >= 0.3 is 0 Å². The molecule has 2 atom stereocenters. The standard InChI is InChI=1S/C17H19N3O3/c1-20-8-6-11-9-12-15(23-10-22-12)16(21-2)14(11)17(20)19-13-5-3-4-7-18-13/h3-5,7,9,17H,6,8,10H2,1-2H3,(H,18,19)/p+2/t17-/m0/s1. The Kier molecular flexibility index (Phi) is 3.46. The minimum Gasteiger partial charge on any atom is -0.492 e. The van der Waals surface area contributed by atoms with Gasteiger partial charge in [-0.2, -0.15) is 0 Å². The summed E-state index contributed by atoms with van der Waals surface area (Å²) < 4.78 is 16.9. The number of benzene rings is 1. The zero-order valence-corrected chi connectivity index (χ0v) is 13.3. The maximum atomic E-state index is 5.70. The van der Waals surface area contributed by atoms with Crippen molar-refractivity contribution in [1.82, 2.24) is 0 Å². The Morgan fingerprint density at radius 2 is 2.26 bits per heavy atom. The first kappa shape index (κ1) is 14.1. The molecule has 0 saturated heterocycles. The average Bonchev–Trinajstić information content (AvgIpc) is 3.04. The zero-order valence-electron chi connectivity index (χ0n) is 13.3. The molecule has 0 saturated carbocycles. The number of quaternary nitrogens is 1. The highest BCUT2D eigenvalue weighted by Crippen LogP contribution is 2.47. The van der Waals surface area contributed by atoms with Crippen LogP contribution in [-0.4, -0.2) is 27.5 Å². The number of nitrogens with one attached hydrogen (secondary N) is 3. The lowest BCUT2D eigenvalue weighted by molar-refractivity contribution is -0.910. The Labute approximate surface area is 135 Å². The molecule has 1 unspecified atom stereocenters. The van der Waals surface area contributed by atoms with Crippen LogP contribution in [0, 0.1) is 0 Å². The lowest BCUT2D eigenvalue weighted by Gasteiger charge is -2.30. The van der Waals surface area contributed by atoms with E-state index in [9.17, 15) is 0 Å². The van der Waals surface area contributed by atoms with E-state index in [1.165, 1.54) is 10.5 Å². The average molecular weight is 315 g/mol. The van der Waals surface area contributed by atoms with Crippen LogP contribution < -0.4 is 29.4 Å². The van der Waals surface area contributed by atoms with Crippen molar-refractivity contribution in [3.63, 3.8) is 0 Å². The highest BCUT2D eigenvalue weighted by atomic mass is 16.7. The predicted octanol–water partition coefficient (Wildman–Crippen LogP) is 0.419. The van der Waals surface area contributed by atoms with E-state index >= 15 is 0 Å². The van der Waals surface area contributed by atoms with E-state index in [0.29, 0.717) is 5.75 Å². The predicted molar refractivity (Wildman–Crippen MR) is 83.9 cm³/mol. The monoisotopic (exact) mass is 315 g/mol. The van der Waals surface area contributed by atoms with Crippen LogP contribution in [-0.2, 0) is 6.42 Å². The fraction of sp³-hybridized carbons (Fsp3) is 0.353. The Morgan fingerprint density at radius 3 is 3.04 bits per heavy atom. The van der Waals surface area contributed by atoms with Crippen molar-refractivity contribution < 1.29 is 24.1 Å². The van der Waals surface area contributed by atoms with Crippen molar-refractivity contribution in [2.75, 3.05) is 32.8 Å². The number of fused-ring (bicyclic) bond motifs is 2. The van der Waals surface area contributed by atoms with Gasteiger partial charge in [0, 0.05) is 12.5 Å². The Hall–Kier alpha value is -2.47. The minimum atomic E-state index is 0.0850. The molecule has 120 valence electrons. The summed E-state index contributed by atoms with van der Waals surface area (Å²) in [7, 11) is 3.88. The van der Waals surface area contributed by atoms with E-state index in [0.717, 1.165) is 35.8 Å². The van der Waals surface area contributed by atoms with E-state index in [1.54, 1.807) is 7.11 Å². The van der Waals surface area contributed by atoms with Crippen LogP contribution in [0.4, 0.5) is 5.82 Å². The number of aromatic nitrogens is 1. The van der Waals surface area contributed by atoms with Crippen LogP contribution in [0.15, 0.2) is 30.5 Å². The first-order valence-electron chi connectivity index (χ1n) is 7.83. The molecule has 2 aromatic rings. The van der Waals surface area contributed by atoms with Crippen LogP contribution in [0.3, 0.4) is 0 Å². The molecule has 0 spiro atoms. The summed E-state index contributed by atoms with van der Waals surface area (Å²) in [4.78, 5) is 4.62. The number of hydrogen-bond acceptors (Lipinski definition) is 4. The maximum Gasteiger partial charge on any atom is 0.277 e. The van der Waals surface area contributed by atoms with Gasteiger partial charge in [0.2, 0.25) is 12.5 Å². The van der Waals surface area contributed by atoms with Crippen molar-refractivity contribution >= 4 is 5.82 Å². The SMILES string of the molecule is COc1c2c(cc3c1[C@@H](Nc1cccc[nH+]1)[NH+](C)CC3)OCO2. The number of methoxy groups -OCH3 is 1. The summed E-state index contributed by atoms with van der Waals surface area (Å²) in [5, 5.41) is 3.58. The molecule has 2 aliphatic heterocycles. The molecule has 0 bridgehead atoms. The number of likely N-dealkylation sites (N-methyl/N-ethyl adjacent to an activating group) is 1. The lowest BCUT2D eigenvalue weighted by atomic mass is 9.95. The molecular weight excluding hydrogens is 294 g/mol. The molecule has 3 heterocycles. The van der Waals surface area contributed by atoms with E-state index in [-0.39, 0.29) is 13.0 Å². The van der Waals surface area contributed by atoms with Crippen LogP contribution in [0.1, 0.15) is 17.3 Å². The lowest BCUT2D eigenvalue weighted by Crippen LogP contribution is -3.11. The highest BCUT2D eigenvalue weighted by Gasteiger charge is 2.39. The molecule has 23 heavy (non-hydrogen) atoms. The van der Waals surface area contributed by atoms with Gasteiger partial charge in [0.05, 0.1) is 26.9 Å². The second-order valence-electron chi connectivity index (χ2n) is 5.92. The molecule has 0 fully saturated rings. The molecule has 3 N–H and O–H groups in total. The summed E-state index contributed by atoms with van der Waals surface area (Å²) >= 11 is 0. The first-order chi connectivity index (χ1) is 11.3. The molecule has 4 rings (SSSR count). The van der Waals surface area contributed by atoms with Gasteiger partial charge in [0.1, 0.15) is 5.56 Å². The van der Waals surface area contributed by atoms with Gasteiger partial charge < -0.3 is 14.2 Å². The van der Waals surface area contributed by atoms with Gasteiger partial charge in [-0.15, -0.1) is 0 Å². The Bertz CT molecular complexity index is 721. The van der Waals surface area contributed by atoms with Crippen molar-refractivity contribution in [3.8, 4) is 17.2 Å². The molecule has 1 aromatic heterocycles. The van der Waals surface area contributed by atoms with Gasteiger partial charge in [0.25, 0.3) is 12.0 Å². The van der Waals surface area contributed by atoms with E-state index in [1.807, 2.05) is 24.4 Å². The number of aromatic amines is 1. The molecule has 0 radical (unpaired) electrons. The van der Waals surface area contributed by atoms with Gasteiger partial charge in [-0.05, 0) is 17.7 Å². The number of anilines is 1. The Balaban J connectivity index is 1.80. The third-order valence-electron chi connectivity index (χ3n) is 4.53. The topological polar surface area (TPSA) is 58.3 Å². The molecule has 6 heteroatoms. The van der Waals surface area contributed by atoms with Gasteiger partial charge in [-0.3, -0.25) is 4.90 Å². The number of H-pyrrole nitrogens is 1. The Morgan fingerprint density at radius 1 is 1.35 bits per heavy atom. The van der Waals surface area contributed by atoms with Gasteiger partial charge in [-0.25, -0.2) is 10.3 Å². The summed E-state index contributed by atoms with van der Waals surface area (Å²) in [5.41, 5.74) is 2.41. The van der Waals surface area contributed by atoms with Gasteiger partial charge in [0.15, 0.2) is 11.5 Å². The zero-order chi connectivity index (χ0) is 15.8. The maximum absolute atomic E-state index is 5.70. The number of pyridine rings is 1. The fourth-order valence-electron chi connectivity index (χ4n) is 3.36. The summed E-state index contributed by atoms with van der Waals surface area (Å²) in [5.74, 6) is 3.25. The third kappa shape index (κ3) is 2.35. The summed E-state index contributed by atoms with van der Waals surface area (Å²) in [6, 6.07) is 8.10. The number of hydrogen-bond donors (Lipinski definition) is 2. The normalized spacial score (nSPS) is 21.7. The largest absolute Gasteiger partial charge is 0.492 e. The highest BCUT2D eigenvalue weighted by molar-refractivity contribution is 5.62. The third-order valence-corrected chi connectivity index (χ3v) is 4.53. The second kappa shape index (κ2) is 5.62. The van der Waals surface area contributed by atoms with E-state index in [2.05, 4.69) is 23.4 Å². The molecular formula is C17H21N3O3+2. The second-order valence-corrected chi connectivity index (χ2v) is 5.92. The van der Waals surface area contributed by atoms with Crippen LogP contribution in [0.25, 0.3) is 0 Å². The van der Waals surface area contributed by atoms with Crippen molar-refractivity contribution in [1.29, 1.82) is 0 Å². The smallest absolute Gasteiger partial charge is 0.277 e. The van der Waals surface area contributed by atoms with Gasteiger partial charge in [-0.1, -0.05) is 6.07 Å². The number of ether oxygens (including phenoxy) is 3. The molecule has 2 aliphatic rings. The fourth-order valence-corrected chi connectivity index (χ4v) is 3.36. The quantitative estimate of drug-likeness (QED) is 0.862. The van der Waals surface area contributed by atoms with Crippen molar-refractivity contribution in [2.24, 2.45) is 0 Å². The van der Waals surface area contributed by atoms with E-state index in [4.69, 9.17) is 14.2 Å². The van der Waals surface area contributed by atoms with Crippen molar-refractivity contribution in [3.05, 3.63) is 41.6 Å². The molecule has 6 nitrogen and oxygen atoms in total. The van der Waals surface area contributed by atoms with Crippen LogP contribution >= 0.6 is 0 Å². The summed E-state index contributed by atoms with van der Waals surface area (Å²) in [6.07, 6.45) is 2.99. The summed E-state index contributed by atoms with van der Waals surface area (Å²) in [6.45, 7) is 1.29. The van der Waals surface area contributed by atoms with E-state index < -0.39 is 0 Å². The van der Waals surface area contributed by atoms with Crippen LogP contribution in [0.5, 0.6) is 17.2 Å². The molecule has 0 amide bonds. The van der Waals surface area contributed by atoms with Crippen LogP contribution in [0.2, 0.25) is 0 Å². The minimum absolute atomic E-state index is 0.0850. The molecule has 0 aliphatic carbocycles. The molecule has 1 aromatic carbocycles. The number of rotatable bonds is 3.